The Hall–Kier alpha value is -2.90. The van der Waals surface area contributed by atoms with Gasteiger partial charge in [0.25, 0.3) is 0 Å². The number of nitrogens with zero attached hydrogens (tertiary/aromatic N) is 1. The molecule has 1 atom stereocenters. The fraction of sp³-hybridized carbons (Fsp3) is 0.421. The second-order valence-corrected chi connectivity index (χ2v) is 8.20. The number of rotatable bonds is 7. The highest BCUT2D eigenvalue weighted by Gasteiger charge is 2.48. The lowest BCUT2D eigenvalue weighted by molar-refractivity contribution is 0.505. The third-order valence-electron chi connectivity index (χ3n) is 4.92. The van der Waals surface area contributed by atoms with Crippen LogP contribution in [0, 0.1) is 0 Å². The Kier molecular flexibility index (Phi) is 31.1. The van der Waals surface area contributed by atoms with Crippen molar-refractivity contribution in [1.82, 2.24) is 4.90 Å². The molecule has 0 bridgehead atoms. The van der Waals surface area contributed by atoms with Gasteiger partial charge in [0, 0.05) is 0 Å². The topological polar surface area (TPSA) is 3.24 Å². The van der Waals surface area contributed by atoms with Crippen LogP contribution in [0.3, 0.4) is 0 Å². The highest BCUT2D eigenvalue weighted by Crippen LogP contribution is 2.58. The highest BCUT2D eigenvalue weighted by molar-refractivity contribution is 5.95. The van der Waals surface area contributed by atoms with Gasteiger partial charge in [0.15, 0.2) is 0 Å². The van der Waals surface area contributed by atoms with Crippen molar-refractivity contribution in [2.75, 3.05) is 21.1 Å². The van der Waals surface area contributed by atoms with Crippen LogP contribution in [0.1, 0.15) is 93.2 Å². The minimum atomic E-state index is -0.460. The van der Waals surface area contributed by atoms with Gasteiger partial charge in [0.2, 0.25) is 0 Å². The summed E-state index contributed by atoms with van der Waals surface area (Å²) in [5, 5.41) is 0. The van der Waals surface area contributed by atoms with Crippen molar-refractivity contribution >= 4 is 5.57 Å². The first kappa shape index (κ1) is 43.2. The van der Waals surface area contributed by atoms with Crippen LogP contribution in [0.25, 0.3) is 5.57 Å². The van der Waals surface area contributed by atoms with Gasteiger partial charge < -0.3 is 4.90 Å². The van der Waals surface area contributed by atoms with Gasteiger partial charge in [-0.3, -0.25) is 0 Å². The Morgan fingerprint density at radius 2 is 1.26 bits per heavy atom. The van der Waals surface area contributed by atoms with Gasteiger partial charge in [-0.15, -0.1) is 0 Å². The third kappa shape index (κ3) is 12.7. The van der Waals surface area contributed by atoms with Crippen molar-refractivity contribution in [1.29, 1.82) is 0 Å². The summed E-state index contributed by atoms with van der Waals surface area (Å²) in [6.07, 6.45) is 18.4. The summed E-state index contributed by atoms with van der Waals surface area (Å²) >= 11 is 0. The number of hydrogen-bond acceptors (Lipinski definition) is 1. The predicted octanol–water partition coefficient (Wildman–Crippen LogP) is 11.9. The van der Waals surface area contributed by atoms with Crippen LogP contribution in [-0.2, 0) is 5.41 Å². The zero-order valence-corrected chi connectivity index (χ0v) is 28.1. The van der Waals surface area contributed by atoms with E-state index in [1.54, 1.807) is 0 Å². The molecule has 0 aliphatic heterocycles. The molecule has 1 aliphatic carbocycles. The molecule has 220 valence electrons. The lowest BCUT2D eigenvalue weighted by Crippen LogP contribution is -2.29. The Morgan fingerprint density at radius 3 is 1.62 bits per heavy atom. The second kappa shape index (κ2) is 28.1. The molecule has 0 heterocycles. The summed E-state index contributed by atoms with van der Waals surface area (Å²) < 4.78 is 0. The molecular weight excluding hydrogens is 470 g/mol. The molecule has 0 amide bonds. The van der Waals surface area contributed by atoms with E-state index in [9.17, 15) is 0 Å². The summed E-state index contributed by atoms with van der Waals surface area (Å²) in [5.41, 5.74) is 6.70. The average molecular weight is 534 g/mol. The standard InChI is InChI=1S/C26H28.C3H9N.C3H8.3C2H6/c1-7-15-21(12-6)26(20(10-4)11-5)24(17-9-3)22(16-8-2)23-18-13-14-19-25(23)26;1-4(2)3;1-3-2;3*1-2/h7,9-19H,1,3-4,6,8H2,2,5H3;1-3H3;3H2,1-2H3;3*1-2H3/b20-11+,21-15+,22-16-,24-17+;;;;;. The largest absolute Gasteiger partial charge is 0.312 e. The van der Waals surface area contributed by atoms with Crippen molar-refractivity contribution in [2.45, 2.75) is 87.5 Å². The van der Waals surface area contributed by atoms with Gasteiger partial charge >= 0.3 is 0 Å². The van der Waals surface area contributed by atoms with E-state index in [2.05, 4.69) is 96.5 Å². The minimum absolute atomic E-state index is 0.460. The first-order valence-electron chi connectivity index (χ1n) is 14.8. The molecule has 0 N–H and O–H groups in total. The van der Waals surface area contributed by atoms with Gasteiger partial charge in [-0.25, -0.2) is 0 Å². The number of allylic oxidation sites excluding steroid dienone is 12. The van der Waals surface area contributed by atoms with Gasteiger partial charge in [-0.05, 0) is 67.9 Å². The molecule has 1 aromatic carbocycles. The van der Waals surface area contributed by atoms with Crippen LogP contribution >= 0.6 is 0 Å². The molecule has 1 nitrogen and oxygen atoms in total. The van der Waals surface area contributed by atoms with E-state index in [-0.39, 0.29) is 0 Å². The summed E-state index contributed by atoms with van der Waals surface area (Å²) in [6.45, 7) is 36.6. The molecule has 0 radical (unpaired) electrons. The quantitative estimate of drug-likeness (QED) is 0.315. The maximum Gasteiger partial charge on any atom is 0.0709 e. The fourth-order valence-electron chi connectivity index (χ4n) is 4.04. The van der Waals surface area contributed by atoms with E-state index < -0.39 is 5.41 Å². The number of hydrogen-bond donors (Lipinski definition) is 0. The predicted molar refractivity (Wildman–Crippen MR) is 187 cm³/mol. The summed E-state index contributed by atoms with van der Waals surface area (Å²) in [5.74, 6) is 0. The summed E-state index contributed by atoms with van der Waals surface area (Å²) in [7, 11) is 6.00. The first-order chi connectivity index (χ1) is 18.8. The molecule has 1 aromatic rings. The molecule has 0 fully saturated rings. The summed E-state index contributed by atoms with van der Waals surface area (Å²) in [4.78, 5) is 2.00. The van der Waals surface area contributed by atoms with E-state index >= 15 is 0 Å². The lowest BCUT2D eigenvalue weighted by Gasteiger charge is -2.35. The molecule has 0 spiro atoms. The lowest BCUT2D eigenvalue weighted by atomic mass is 9.66. The normalized spacial score (nSPS) is 17.2. The monoisotopic (exact) mass is 533 g/mol. The van der Waals surface area contributed by atoms with E-state index in [0.717, 1.165) is 17.6 Å². The number of benzene rings is 1. The molecule has 0 saturated carbocycles. The van der Waals surface area contributed by atoms with Crippen LogP contribution in [-0.4, -0.2) is 26.0 Å². The molecule has 1 heteroatoms. The first-order valence-corrected chi connectivity index (χ1v) is 14.8. The van der Waals surface area contributed by atoms with Crippen molar-refractivity contribution < 1.29 is 0 Å². The summed E-state index contributed by atoms with van der Waals surface area (Å²) in [6, 6.07) is 8.59. The highest BCUT2D eigenvalue weighted by atomic mass is 15.0. The zero-order valence-electron chi connectivity index (χ0n) is 28.1. The van der Waals surface area contributed by atoms with Crippen molar-refractivity contribution in [3.05, 3.63) is 127 Å². The van der Waals surface area contributed by atoms with Gasteiger partial charge in [0.05, 0.1) is 5.41 Å². The van der Waals surface area contributed by atoms with Crippen LogP contribution in [0.15, 0.2) is 116 Å². The molecule has 0 saturated heterocycles. The Balaban J connectivity index is -0.000000402. The number of fused-ring (bicyclic) bond motifs is 1. The van der Waals surface area contributed by atoms with E-state index in [1.165, 1.54) is 28.7 Å². The van der Waals surface area contributed by atoms with Crippen LogP contribution in [0.2, 0.25) is 0 Å². The van der Waals surface area contributed by atoms with Crippen molar-refractivity contribution in [3.8, 4) is 0 Å². The molecule has 0 aromatic heterocycles. The Morgan fingerprint density at radius 1 is 0.795 bits per heavy atom. The maximum absolute atomic E-state index is 4.11. The van der Waals surface area contributed by atoms with E-state index in [0.29, 0.717) is 0 Å². The maximum atomic E-state index is 4.11. The van der Waals surface area contributed by atoms with E-state index in [4.69, 9.17) is 0 Å². The van der Waals surface area contributed by atoms with Crippen LogP contribution in [0.5, 0.6) is 0 Å². The molecular formula is C38H63N. The van der Waals surface area contributed by atoms with Crippen molar-refractivity contribution in [3.63, 3.8) is 0 Å². The van der Waals surface area contributed by atoms with Gasteiger partial charge in [0.1, 0.15) is 0 Å². The zero-order chi connectivity index (χ0) is 31.4. The van der Waals surface area contributed by atoms with E-state index in [1.807, 2.05) is 98.0 Å². The average Bonchev–Trinajstić information content (AvgIpc) is 3.22. The molecule has 1 aliphatic rings. The smallest absolute Gasteiger partial charge is 0.0709 e. The SMILES string of the molecule is C=C/C=C(\C=C)C1(/C(C=C)=C/C)C(=C/C=C)/C(=C\CC)c2ccccc21.CC.CC.CC.CCC.CN(C)C. The van der Waals surface area contributed by atoms with Crippen LogP contribution < -0.4 is 0 Å². The van der Waals surface area contributed by atoms with Gasteiger partial charge in [-0.2, -0.15) is 0 Å². The Bertz CT molecular complexity index is 915. The Labute approximate surface area is 245 Å². The second-order valence-electron chi connectivity index (χ2n) is 8.20. The van der Waals surface area contributed by atoms with Crippen LogP contribution in [0.4, 0.5) is 0 Å². The molecule has 2 rings (SSSR count). The molecule has 1 unspecified atom stereocenters. The minimum Gasteiger partial charge on any atom is -0.312 e. The third-order valence-corrected chi connectivity index (χ3v) is 4.92. The van der Waals surface area contributed by atoms with Gasteiger partial charge in [-0.1, -0.05) is 168 Å². The molecule has 39 heavy (non-hydrogen) atoms. The fourth-order valence-corrected chi connectivity index (χ4v) is 4.04. The van der Waals surface area contributed by atoms with Crippen molar-refractivity contribution in [2.24, 2.45) is 0 Å².